The quantitative estimate of drug-likeness (QED) is 0.671. The number of benzene rings is 1. The molecule has 1 fully saturated rings. The van der Waals surface area contributed by atoms with E-state index in [2.05, 4.69) is 22.6 Å². The summed E-state index contributed by atoms with van der Waals surface area (Å²) in [6.07, 6.45) is 2.02. The number of nitrogens with two attached hydrogens (primary N) is 1. The van der Waals surface area contributed by atoms with Gasteiger partial charge in [0.2, 0.25) is 5.72 Å². The molecule has 1 aliphatic rings. The van der Waals surface area contributed by atoms with Gasteiger partial charge >= 0.3 is 5.97 Å². The third-order valence-corrected chi connectivity index (χ3v) is 2.87. The number of nitrogens with one attached hydrogen (secondary N) is 1. The second-order valence-corrected chi connectivity index (χ2v) is 4.85. The first-order valence-electron chi connectivity index (χ1n) is 6.83. The maximum absolute atomic E-state index is 10.6. The molecule has 0 spiro atoms. The molecule has 1 saturated heterocycles. The molecule has 20 heavy (non-hydrogen) atoms. The molecule has 5 nitrogen and oxygen atoms in total. The summed E-state index contributed by atoms with van der Waals surface area (Å²) in [5, 5.41) is 15.4. The van der Waals surface area contributed by atoms with Crippen LogP contribution in [0.25, 0.3) is 1.43 Å². The Hall–Kier alpha value is -1.14. The van der Waals surface area contributed by atoms with Crippen molar-refractivity contribution in [1.29, 1.82) is 1.43 Å². The highest BCUT2D eigenvalue weighted by molar-refractivity contribution is 5.85. The number of carbonyl (C=O) groups is 1. The van der Waals surface area contributed by atoms with Crippen molar-refractivity contribution in [2.45, 2.75) is 38.0 Å². The van der Waals surface area contributed by atoms with E-state index in [4.69, 9.17) is 7.16 Å². The Morgan fingerprint density at radius 3 is 2.65 bits per heavy atom. The molecule has 6 heteroatoms. The summed E-state index contributed by atoms with van der Waals surface area (Å²) in [6, 6.07) is 10.6. The largest absolute Gasteiger partial charge is 0.478 e. The molecule has 0 amide bonds. The molecular formula is C14H23ClN2O3. The molecular weight excluding hydrogens is 280 g/mol. The number of halogens is 1. The zero-order valence-electron chi connectivity index (χ0n) is 12.5. The normalized spacial score (nSPS) is 22.6. The van der Waals surface area contributed by atoms with Crippen molar-refractivity contribution in [3.8, 4) is 0 Å². The van der Waals surface area contributed by atoms with Gasteiger partial charge in [-0.25, -0.2) is 4.79 Å². The lowest BCUT2D eigenvalue weighted by atomic mass is 10.1. The van der Waals surface area contributed by atoms with Crippen LogP contribution in [-0.4, -0.2) is 34.5 Å². The average molecular weight is 304 g/mol. The van der Waals surface area contributed by atoms with Crippen LogP contribution in [0.4, 0.5) is 0 Å². The Labute approximate surface area is 127 Å². The first kappa shape index (κ1) is 16.9. The molecule has 1 aromatic rings. The van der Waals surface area contributed by atoms with Crippen molar-refractivity contribution in [3.63, 3.8) is 0 Å². The molecule has 0 aliphatic carbocycles. The maximum Gasteiger partial charge on any atom is 0.351 e. The van der Waals surface area contributed by atoms with Gasteiger partial charge in [0.1, 0.15) is 0 Å². The van der Waals surface area contributed by atoms with Gasteiger partial charge < -0.3 is 15.9 Å². The van der Waals surface area contributed by atoms with Crippen LogP contribution in [0.2, 0.25) is 0 Å². The molecule has 1 aliphatic heterocycles. The number of rotatable bonds is 3. The Balaban J connectivity index is 0.000000364. The molecule has 0 radical (unpaired) electrons. The Kier molecular flexibility index (Phi) is 7.54. The van der Waals surface area contributed by atoms with Crippen LogP contribution in [-0.2, 0) is 11.2 Å². The van der Waals surface area contributed by atoms with E-state index in [0.29, 0.717) is 13.0 Å². The van der Waals surface area contributed by atoms with E-state index >= 15 is 0 Å². The molecule has 1 aromatic carbocycles. The minimum absolute atomic E-state index is 0. The lowest BCUT2D eigenvalue weighted by Gasteiger charge is -2.15. The molecule has 1 heterocycles. The summed E-state index contributed by atoms with van der Waals surface area (Å²) < 4.78 is 6.25. The number of hydrogen-bond acceptors (Lipinski definition) is 5. The van der Waals surface area contributed by atoms with E-state index in [0.717, 1.165) is 12.8 Å². The summed E-state index contributed by atoms with van der Waals surface area (Å²) in [5.74, 6) is -0.926. The summed E-state index contributed by atoms with van der Waals surface area (Å²) in [5.41, 5.74) is 5.35. The first-order valence-corrected chi connectivity index (χ1v) is 6.42. The fourth-order valence-electron chi connectivity index (χ4n) is 1.89. The van der Waals surface area contributed by atoms with Crippen LogP contribution < -0.4 is 11.1 Å². The van der Waals surface area contributed by atoms with Gasteiger partial charge in [-0.15, -0.1) is 12.4 Å². The zero-order chi connectivity index (χ0) is 15.0. The number of aliphatic carboxylic acids is 1. The smallest absolute Gasteiger partial charge is 0.351 e. The predicted molar refractivity (Wildman–Crippen MR) is 80.9 cm³/mol. The fraction of sp³-hybridized carbons (Fsp3) is 0.500. The van der Waals surface area contributed by atoms with Crippen LogP contribution in [0.5, 0.6) is 0 Å². The molecule has 5 N–H and O–H groups in total. The van der Waals surface area contributed by atoms with Gasteiger partial charge in [0.05, 0.1) is 0 Å². The van der Waals surface area contributed by atoms with Gasteiger partial charge in [-0.2, -0.15) is 0 Å². The maximum atomic E-state index is 10.6. The minimum atomic E-state index is -1.60. The summed E-state index contributed by atoms with van der Waals surface area (Å²) >= 11 is 0. The molecule has 114 valence electrons. The molecule has 0 bridgehead atoms. The Bertz CT molecular complexity index is 412. The third kappa shape index (κ3) is 6.34. The van der Waals surface area contributed by atoms with E-state index in [1.165, 1.54) is 5.56 Å². The monoisotopic (exact) mass is 303 g/mol. The van der Waals surface area contributed by atoms with Crippen molar-refractivity contribution >= 4 is 18.4 Å². The summed E-state index contributed by atoms with van der Waals surface area (Å²) in [6.45, 7) is 2.61. The fourth-order valence-corrected chi connectivity index (χ4v) is 1.89. The highest BCUT2D eigenvalue weighted by atomic mass is 35.5. The molecule has 2 atom stereocenters. The highest BCUT2D eigenvalue weighted by Gasteiger charge is 2.38. The van der Waals surface area contributed by atoms with E-state index in [9.17, 15) is 9.90 Å². The van der Waals surface area contributed by atoms with Gasteiger partial charge in [0.25, 0.3) is 1.43 Å². The van der Waals surface area contributed by atoms with Crippen molar-refractivity contribution in [2.24, 2.45) is 5.73 Å². The van der Waals surface area contributed by atoms with Gasteiger partial charge in [-0.1, -0.05) is 30.3 Å². The number of hydrogen-bond donors (Lipinski definition) is 4. The van der Waals surface area contributed by atoms with Crippen molar-refractivity contribution < 1.29 is 15.0 Å². The van der Waals surface area contributed by atoms with Crippen LogP contribution in [0.15, 0.2) is 30.3 Å². The second kappa shape index (κ2) is 8.92. The first-order chi connectivity index (χ1) is 9.48. The predicted octanol–water partition coefficient (Wildman–Crippen LogP) is 1.14. The van der Waals surface area contributed by atoms with Crippen molar-refractivity contribution in [1.82, 2.24) is 5.32 Å². The van der Waals surface area contributed by atoms with E-state index in [-0.39, 0.29) is 18.4 Å². The van der Waals surface area contributed by atoms with Gasteiger partial charge in [0, 0.05) is 12.5 Å². The SMILES string of the molecule is CC(N)Cc1ccccc1.Cl.[2H]OC(=O)[C@]1(O)CCCN1. The zero-order valence-corrected chi connectivity index (χ0v) is 12.4. The van der Waals surface area contributed by atoms with Crippen LogP contribution in [0.3, 0.4) is 0 Å². The summed E-state index contributed by atoms with van der Waals surface area (Å²) in [4.78, 5) is 10.6. The standard InChI is InChI=1S/C9H13N.C5H9NO3.ClH/c1-8(10)7-9-5-3-2-4-6-9;7-4(8)5(9)2-1-3-6-5;/h2-6,8H,7,10H2,1H3;6,9H,1-3H2,(H,7,8);1H/t;5-;/m.1./s1/i/hD. The minimum Gasteiger partial charge on any atom is -0.478 e. The second-order valence-electron chi connectivity index (χ2n) is 4.85. The third-order valence-electron chi connectivity index (χ3n) is 2.87. The topological polar surface area (TPSA) is 95.6 Å². The van der Waals surface area contributed by atoms with E-state index in [1.54, 1.807) is 0 Å². The van der Waals surface area contributed by atoms with Crippen LogP contribution in [0, 0.1) is 0 Å². The number of carboxylic acids is 1. The molecule has 2 rings (SSSR count). The summed E-state index contributed by atoms with van der Waals surface area (Å²) in [7, 11) is 0. The molecule has 0 saturated carbocycles. The highest BCUT2D eigenvalue weighted by Crippen LogP contribution is 2.14. The van der Waals surface area contributed by atoms with Gasteiger partial charge in [-0.3, -0.25) is 5.32 Å². The number of carboxylic acid groups (broad SMARTS) is 1. The average Bonchev–Trinajstić information content (AvgIpc) is 2.87. The molecule has 1 unspecified atom stereocenters. The van der Waals surface area contributed by atoms with E-state index in [1.807, 2.05) is 25.1 Å². The van der Waals surface area contributed by atoms with Crippen LogP contribution >= 0.6 is 12.4 Å². The number of aliphatic hydroxyl groups is 1. The van der Waals surface area contributed by atoms with Gasteiger partial charge in [-0.05, 0) is 31.9 Å². The van der Waals surface area contributed by atoms with Crippen molar-refractivity contribution in [2.75, 3.05) is 6.54 Å². The van der Waals surface area contributed by atoms with Gasteiger partial charge in [0.15, 0.2) is 0 Å². The lowest BCUT2D eigenvalue weighted by molar-refractivity contribution is -0.160. The lowest BCUT2D eigenvalue weighted by Crippen LogP contribution is -2.47. The van der Waals surface area contributed by atoms with E-state index < -0.39 is 11.7 Å². The molecule has 0 aromatic heterocycles. The van der Waals surface area contributed by atoms with Crippen LogP contribution in [0.1, 0.15) is 25.3 Å². The Morgan fingerprint density at radius 1 is 1.55 bits per heavy atom. The van der Waals surface area contributed by atoms with Crippen molar-refractivity contribution in [3.05, 3.63) is 35.9 Å². The Morgan fingerprint density at radius 2 is 2.20 bits per heavy atom.